The number of halogens is 3. The number of rotatable bonds is 7. The van der Waals surface area contributed by atoms with E-state index in [1.54, 1.807) is 71.5 Å². The van der Waals surface area contributed by atoms with Gasteiger partial charge in [0.05, 0.1) is 27.2 Å². The van der Waals surface area contributed by atoms with Gasteiger partial charge in [0.25, 0.3) is 0 Å². The van der Waals surface area contributed by atoms with Gasteiger partial charge in [0.2, 0.25) is 10.0 Å². The van der Waals surface area contributed by atoms with Gasteiger partial charge >= 0.3 is 0 Å². The Bertz CT molecular complexity index is 1500. The Morgan fingerprint density at radius 1 is 0.972 bits per heavy atom. The van der Waals surface area contributed by atoms with Crippen LogP contribution < -0.4 is 4.74 Å². The molecule has 0 amide bonds. The van der Waals surface area contributed by atoms with Crippen molar-refractivity contribution in [3.8, 4) is 17.0 Å². The minimum Gasteiger partial charge on any atom is -0.488 e. The normalized spacial score (nSPS) is 16.4. The van der Waals surface area contributed by atoms with Crippen molar-refractivity contribution in [2.24, 2.45) is 0 Å². The molecule has 0 spiro atoms. The summed E-state index contributed by atoms with van der Waals surface area (Å²) in [7, 11) is -3.56. The van der Waals surface area contributed by atoms with E-state index in [0.717, 1.165) is 5.56 Å². The SMILES string of the molecule is O=S(=O)(c1ccccc1)N1CCC(n2cc(-c3cc(Cl)ccc3OCc3ccc(Cl)c(Cl)c3)nn2)C1. The lowest BCUT2D eigenvalue weighted by Gasteiger charge is -2.16. The average Bonchev–Trinajstić information content (AvgIpc) is 3.56. The smallest absolute Gasteiger partial charge is 0.243 e. The van der Waals surface area contributed by atoms with Gasteiger partial charge < -0.3 is 4.74 Å². The predicted octanol–water partition coefficient (Wildman–Crippen LogP) is 6.12. The largest absolute Gasteiger partial charge is 0.488 e. The lowest BCUT2D eigenvalue weighted by molar-refractivity contribution is 0.307. The molecule has 4 aromatic rings. The van der Waals surface area contributed by atoms with E-state index >= 15 is 0 Å². The maximum atomic E-state index is 13.0. The van der Waals surface area contributed by atoms with Crippen molar-refractivity contribution < 1.29 is 13.2 Å². The third-order valence-corrected chi connectivity index (χ3v) is 8.84. The molecule has 0 bridgehead atoms. The van der Waals surface area contributed by atoms with Gasteiger partial charge in [0.15, 0.2) is 0 Å². The number of benzene rings is 3. The van der Waals surface area contributed by atoms with Crippen LogP contribution in [0.5, 0.6) is 5.75 Å². The van der Waals surface area contributed by atoms with Crippen LogP contribution in [0.3, 0.4) is 0 Å². The Hall–Kier alpha value is -2.62. The first-order valence-corrected chi connectivity index (χ1v) is 13.7. The molecule has 1 aromatic heterocycles. The summed E-state index contributed by atoms with van der Waals surface area (Å²) >= 11 is 18.4. The summed E-state index contributed by atoms with van der Waals surface area (Å²) in [5.74, 6) is 0.581. The monoisotopic (exact) mass is 562 g/mol. The Morgan fingerprint density at radius 2 is 1.78 bits per heavy atom. The van der Waals surface area contributed by atoms with E-state index in [4.69, 9.17) is 39.5 Å². The molecule has 1 aliphatic rings. The van der Waals surface area contributed by atoms with Gasteiger partial charge in [-0.2, -0.15) is 4.31 Å². The molecule has 1 fully saturated rings. The summed E-state index contributed by atoms with van der Waals surface area (Å²) < 4.78 is 35.2. The van der Waals surface area contributed by atoms with Crippen LogP contribution in [0.25, 0.3) is 11.3 Å². The van der Waals surface area contributed by atoms with Gasteiger partial charge in [0, 0.05) is 23.7 Å². The van der Waals surface area contributed by atoms with Crippen LogP contribution in [0.15, 0.2) is 77.8 Å². The van der Waals surface area contributed by atoms with Gasteiger partial charge in [-0.25, -0.2) is 13.1 Å². The van der Waals surface area contributed by atoms with Crippen molar-refractivity contribution in [1.82, 2.24) is 19.3 Å². The molecule has 186 valence electrons. The predicted molar refractivity (Wildman–Crippen MR) is 140 cm³/mol. The zero-order chi connectivity index (χ0) is 25.3. The first-order chi connectivity index (χ1) is 17.3. The standard InChI is InChI=1S/C25H21Cl3N4O3S/c26-18-7-9-25(35-16-17-6-8-22(27)23(28)12-17)21(13-18)24-15-32(30-29-24)19-10-11-31(14-19)36(33,34)20-4-2-1-3-5-20/h1-9,12-13,15,19H,10-11,14,16H2. The molecule has 5 rings (SSSR count). The van der Waals surface area contributed by atoms with Crippen LogP contribution in [0.2, 0.25) is 15.1 Å². The van der Waals surface area contributed by atoms with E-state index in [9.17, 15) is 8.42 Å². The highest BCUT2D eigenvalue weighted by atomic mass is 35.5. The first kappa shape index (κ1) is 25.0. The second-order valence-corrected chi connectivity index (χ2v) is 11.6. The lowest BCUT2D eigenvalue weighted by Crippen LogP contribution is -2.29. The van der Waals surface area contributed by atoms with Crippen LogP contribution >= 0.6 is 34.8 Å². The minimum absolute atomic E-state index is 0.135. The Morgan fingerprint density at radius 3 is 2.56 bits per heavy atom. The second kappa shape index (κ2) is 10.4. The quantitative estimate of drug-likeness (QED) is 0.271. The molecule has 0 aliphatic carbocycles. The van der Waals surface area contributed by atoms with Crippen LogP contribution in [0.4, 0.5) is 0 Å². The molecule has 1 unspecified atom stereocenters. The molecule has 1 saturated heterocycles. The zero-order valence-corrected chi connectivity index (χ0v) is 22.0. The highest BCUT2D eigenvalue weighted by molar-refractivity contribution is 7.89. The topological polar surface area (TPSA) is 77.3 Å². The summed E-state index contributed by atoms with van der Waals surface area (Å²) in [4.78, 5) is 0.285. The number of sulfonamides is 1. The molecular formula is C25H21Cl3N4O3S. The molecule has 2 heterocycles. The highest BCUT2D eigenvalue weighted by Gasteiger charge is 2.34. The molecule has 0 saturated carbocycles. The molecule has 3 aromatic carbocycles. The van der Waals surface area contributed by atoms with E-state index < -0.39 is 10.0 Å². The fourth-order valence-electron chi connectivity index (χ4n) is 4.08. The van der Waals surface area contributed by atoms with Gasteiger partial charge in [-0.15, -0.1) is 5.10 Å². The van der Waals surface area contributed by atoms with E-state index in [-0.39, 0.29) is 17.5 Å². The van der Waals surface area contributed by atoms with Crippen molar-refractivity contribution in [1.29, 1.82) is 0 Å². The number of hydrogen-bond acceptors (Lipinski definition) is 5. The third kappa shape index (κ3) is 5.23. The average molecular weight is 564 g/mol. The van der Waals surface area contributed by atoms with E-state index in [0.29, 0.717) is 51.6 Å². The van der Waals surface area contributed by atoms with Crippen molar-refractivity contribution in [3.63, 3.8) is 0 Å². The van der Waals surface area contributed by atoms with Crippen LogP contribution in [0.1, 0.15) is 18.0 Å². The highest BCUT2D eigenvalue weighted by Crippen LogP contribution is 2.34. The number of hydrogen-bond donors (Lipinski definition) is 0. The molecular weight excluding hydrogens is 543 g/mol. The second-order valence-electron chi connectivity index (χ2n) is 8.38. The van der Waals surface area contributed by atoms with E-state index in [2.05, 4.69) is 10.3 Å². The fourth-order valence-corrected chi connectivity index (χ4v) is 6.09. The van der Waals surface area contributed by atoms with Crippen molar-refractivity contribution >= 4 is 44.8 Å². The summed E-state index contributed by atoms with van der Waals surface area (Å²) in [6.45, 7) is 0.997. The summed E-state index contributed by atoms with van der Waals surface area (Å²) in [5.41, 5.74) is 2.12. The van der Waals surface area contributed by atoms with Crippen LogP contribution in [-0.2, 0) is 16.6 Å². The third-order valence-electron chi connectivity index (χ3n) is 5.99. The molecule has 1 aliphatic heterocycles. The van der Waals surface area contributed by atoms with Crippen LogP contribution in [0, 0.1) is 0 Å². The Kier molecular flexibility index (Phi) is 7.23. The van der Waals surface area contributed by atoms with Crippen molar-refractivity contribution in [2.75, 3.05) is 13.1 Å². The zero-order valence-electron chi connectivity index (χ0n) is 18.9. The molecule has 7 nitrogen and oxygen atoms in total. The lowest BCUT2D eigenvalue weighted by atomic mass is 10.1. The van der Waals surface area contributed by atoms with E-state index in [1.165, 1.54) is 4.31 Å². The maximum Gasteiger partial charge on any atom is 0.243 e. The molecule has 1 atom stereocenters. The van der Waals surface area contributed by atoms with E-state index in [1.807, 2.05) is 6.07 Å². The van der Waals surface area contributed by atoms with Crippen molar-refractivity contribution in [2.45, 2.75) is 24.0 Å². The maximum absolute atomic E-state index is 13.0. The summed E-state index contributed by atoms with van der Waals surface area (Å²) in [6.07, 6.45) is 2.42. The summed E-state index contributed by atoms with van der Waals surface area (Å²) in [5, 5.41) is 10.1. The van der Waals surface area contributed by atoms with Gasteiger partial charge in [-0.1, -0.05) is 64.3 Å². The molecule has 0 N–H and O–H groups in total. The first-order valence-electron chi connectivity index (χ1n) is 11.1. The Labute approximate surface area is 224 Å². The van der Waals surface area contributed by atoms with Gasteiger partial charge in [-0.05, 0) is 54.4 Å². The van der Waals surface area contributed by atoms with Crippen LogP contribution in [-0.4, -0.2) is 40.8 Å². The molecule has 11 heteroatoms. The molecule has 36 heavy (non-hydrogen) atoms. The minimum atomic E-state index is -3.56. The summed E-state index contributed by atoms with van der Waals surface area (Å²) in [6, 6.07) is 18.9. The van der Waals surface area contributed by atoms with Gasteiger partial charge in [-0.3, -0.25) is 0 Å². The Balaban J connectivity index is 1.33. The van der Waals surface area contributed by atoms with Gasteiger partial charge in [0.1, 0.15) is 18.1 Å². The molecule has 0 radical (unpaired) electrons. The fraction of sp³-hybridized carbons (Fsp3) is 0.200. The number of aromatic nitrogens is 3. The van der Waals surface area contributed by atoms with Crippen molar-refractivity contribution in [3.05, 3.63) is 93.6 Å². The number of ether oxygens (including phenoxy) is 1. The number of nitrogens with zero attached hydrogens (tertiary/aromatic N) is 4.